The monoisotopic (exact) mass is 1060 g/mol. The Morgan fingerprint density at radius 2 is 0.500 bits per heavy atom. The van der Waals surface area contributed by atoms with Crippen molar-refractivity contribution in [2.24, 2.45) is 0 Å². The van der Waals surface area contributed by atoms with Gasteiger partial charge >= 0.3 is 118 Å². The minimum absolute atomic E-state index is 0. The van der Waals surface area contributed by atoms with Crippen molar-refractivity contribution in [2.75, 3.05) is 47.4 Å². The van der Waals surface area contributed by atoms with Gasteiger partial charge in [0.05, 0.1) is 64.1 Å². The summed E-state index contributed by atoms with van der Waals surface area (Å²) in [6.07, 6.45) is 0. The number of carbonyl (C=O) groups excluding carboxylic acids is 4. The normalized spacial score (nSPS) is 12.7. The molecule has 0 unspecified atom stereocenters. The number of aromatic hydroxyl groups is 4. The minimum atomic E-state index is -5.31. The molecule has 0 atom stereocenters. The van der Waals surface area contributed by atoms with Gasteiger partial charge in [0.15, 0.2) is 5.78 Å². The first-order valence-electron chi connectivity index (χ1n) is 18.1. The molecule has 0 saturated carbocycles. The number of hydrogen-bond acceptors (Lipinski definition) is 24. The van der Waals surface area contributed by atoms with Crippen LogP contribution in [0, 0.1) is 0 Å². The summed E-state index contributed by atoms with van der Waals surface area (Å²) in [6.45, 7) is 6.70. The summed E-state index contributed by atoms with van der Waals surface area (Å²) in [5.74, 6) is -9.86. The Hall–Kier alpha value is -2.40. The Balaban J connectivity index is 0.000000642. The summed E-state index contributed by atoms with van der Waals surface area (Å²) < 4.78 is 139. The molecule has 0 heterocycles. The second kappa shape index (κ2) is 23.4. The predicted octanol–water partition coefficient (Wildman–Crippen LogP) is -10.9. The molecule has 0 aromatic heterocycles. The number of ketones is 4. The van der Waals surface area contributed by atoms with E-state index in [1.54, 1.807) is 27.7 Å². The van der Waals surface area contributed by atoms with Crippen LogP contribution in [0.5, 0.6) is 23.0 Å². The van der Waals surface area contributed by atoms with Crippen molar-refractivity contribution in [3.05, 3.63) is 68.8 Å². The van der Waals surface area contributed by atoms with Gasteiger partial charge in [-0.15, -0.1) is 0 Å². The van der Waals surface area contributed by atoms with Crippen molar-refractivity contribution >= 4 is 86.4 Å². The van der Waals surface area contributed by atoms with E-state index in [-0.39, 0.29) is 167 Å². The van der Waals surface area contributed by atoms with Crippen LogP contribution < -0.4 is 139 Å². The predicted molar refractivity (Wildman–Crippen MR) is 215 cm³/mol. The van der Waals surface area contributed by atoms with Gasteiger partial charge in [0, 0.05) is 48.9 Å². The molecule has 0 amide bonds. The van der Waals surface area contributed by atoms with Crippen LogP contribution in [0.3, 0.4) is 0 Å². The molecule has 4 aromatic carbocycles. The van der Waals surface area contributed by atoms with Crippen LogP contribution in [-0.4, -0.2) is 122 Å². The summed E-state index contributed by atoms with van der Waals surface area (Å²) in [5, 5.41) is 52.2. The smallest absolute Gasteiger partial charge is 0.744 e. The molecule has 32 heteroatoms. The van der Waals surface area contributed by atoms with Gasteiger partial charge in [-0.1, -0.05) is 0 Å². The zero-order valence-electron chi connectivity index (χ0n) is 37.1. The van der Waals surface area contributed by atoms with Gasteiger partial charge in [0.1, 0.15) is 63.5 Å². The van der Waals surface area contributed by atoms with E-state index in [0.717, 1.165) is 0 Å². The first kappa shape index (κ1) is 63.6. The molecule has 24 nitrogen and oxygen atoms in total. The maximum absolute atomic E-state index is 13.4. The number of rotatable bonds is 12. The van der Waals surface area contributed by atoms with Crippen LogP contribution in [0.15, 0.2) is 43.8 Å². The summed E-state index contributed by atoms with van der Waals surface area (Å²) in [5.41, 5.74) is -6.75. The third-order valence-corrected chi connectivity index (χ3v) is 12.8. The molecule has 0 aliphatic heterocycles. The first-order valence-corrected chi connectivity index (χ1v) is 23.7. The van der Waals surface area contributed by atoms with Crippen molar-refractivity contribution in [3.8, 4) is 23.0 Å². The van der Waals surface area contributed by atoms with E-state index in [4.69, 9.17) is 0 Å². The molecule has 0 bridgehead atoms. The largest absolute Gasteiger partial charge is 1.00 e. The van der Waals surface area contributed by atoms with Crippen LogP contribution >= 0.6 is 0 Å². The maximum Gasteiger partial charge on any atom is 1.00 e. The van der Waals surface area contributed by atoms with Crippen LogP contribution in [0.1, 0.15) is 91.4 Å². The summed E-state index contributed by atoms with van der Waals surface area (Å²) >= 11 is 0. The van der Waals surface area contributed by atoms with Crippen LogP contribution in [-0.2, 0) is 40.5 Å². The Morgan fingerprint density at radius 3 is 0.647 bits per heavy atom. The van der Waals surface area contributed by atoms with Gasteiger partial charge in [0.25, 0.3) is 0 Å². The zero-order valence-corrected chi connectivity index (χ0v) is 48.4. The Kier molecular flexibility index (Phi) is 21.9. The number of anilines is 4. The van der Waals surface area contributed by atoms with Crippen molar-refractivity contribution < 1.29 is 210 Å². The Bertz CT molecular complexity index is 3030. The van der Waals surface area contributed by atoms with Gasteiger partial charge in [0.2, 0.25) is 17.3 Å². The average molecular weight is 1060 g/mol. The van der Waals surface area contributed by atoms with Crippen molar-refractivity contribution in [2.45, 2.75) is 47.3 Å². The zero-order chi connectivity index (χ0) is 48.3. The Labute approximate surface area is 476 Å². The van der Waals surface area contributed by atoms with E-state index in [1.165, 1.54) is 0 Å². The molecule has 6 rings (SSSR count). The molecule has 0 saturated heterocycles. The quantitative estimate of drug-likeness (QED) is 0.0320. The number of hydrogen-bond donors (Lipinski definition) is 8. The van der Waals surface area contributed by atoms with E-state index < -0.39 is 151 Å². The van der Waals surface area contributed by atoms with Gasteiger partial charge in [-0.25, -0.2) is 33.7 Å². The fourth-order valence-corrected chi connectivity index (χ4v) is 9.41. The van der Waals surface area contributed by atoms with Gasteiger partial charge in [-0.2, -0.15) is 0 Å². The van der Waals surface area contributed by atoms with Crippen molar-refractivity contribution in [3.63, 3.8) is 0 Å². The summed E-state index contributed by atoms with van der Waals surface area (Å²) in [4.78, 5) is 48.5. The Morgan fingerprint density at radius 1 is 0.353 bits per heavy atom. The van der Waals surface area contributed by atoms with E-state index in [9.17, 15) is 91.5 Å². The van der Waals surface area contributed by atoms with Gasteiger partial charge in [-0.05, 0) is 52.0 Å². The van der Waals surface area contributed by atoms with Crippen LogP contribution in [0.4, 0.5) is 22.7 Å². The third-order valence-electron chi connectivity index (χ3n) is 9.42. The van der Waals surface area contributed by atoms with E-state index in [0.29, 0.717) is 24.3 Å². The van der Waals surface area contributed by atoms with E-state index >= 15 is 0 Å². The molecule has 0 spiro atoms. The topological polar surface area (TPSA) is 426 Å². The number of phenolic OH excluding ortho intramolecular Hbond substituents is 4. The van der Waals surface area contributed by atoms with E-state index in [2.05, 4.69) is 21.3 Å². The van der Waals surface area contributed by atoms with Crippen LogP contribution in [0.25, 0.3) is 0 Å². The second-order valence-corrected chi connectivity index (χ2v) is 18.7. The molecular formula is C36H32N4Na4O20S4. The summed E-state index contributed by atoms with van der Waals surface area (Å²) in [7, 11) is -21.2. The molecular weight excluding hydrogens is 1030 g/mol. The molecule has 68 heavy (non-hydrogen) atoms. The molecule has 2 aliphatic carbocycles. The molecule has 344 valence electrons. The molecule has 8 N–H and O–H groups in total. The number of benzene rings is 4. The van der Waals surface area contributed by atoms with Gasteiger partial charge in [-0.3, -0.25) is 19.2 Å². The van der Waals surface area contributed by atoms with Crippen molar-refractivity contribution in [1.82, 2.24) is 0 Å². The average Bonchev–Trinajstić information content (AvgIpc) is 3.16. The maximum atomic E-state index is 13.4. The number of carbonyl (C=O) groups is 4. The fraction of sp³-hybridized carbons (Fsp3) is 0.222. The van der Waals surface area contributed by atoms with E-state index in [1.807, 2.05) is 0 Å². The first-order chi connectivity index (χ1) is 29.5. The molecule has 4 aromatic rings. The summed E-state index contributed by atoms with van der Waals surface area (Å²) in [6, 6.07) is 2.73. The number of phenols is 4. The standard InChI is InChI=1S/2C18H18N2O10S2.4Na/c1-3-19-7-5-9(31(25,26)27)15(21)13-11(7)17(23)14-12(18(13)24)8(20-4-2)6-10(16(14)22)32(28,29)30;1-3-19-7-5-9(31(25,26)27)15(21)13-11(7)17(23)12-8(20-4-2)6-10(32(28,29)30)16(22)14(12)18(13)24;;;;/h2*5-6,19-22H,3-4H2,1-2H3,(H,25,26,27)(H,28,29,30);;;;/q;;4*+1/p-4. The van der Waals surface area contributed by atoms with Crippen molar-refractivity contribution in [1.29, 1.82) is 0 Å². The third kappa shape index (κ3) is 11.8. The fourth-order valence-electron chi connectivity index (χ4n) is 7.00. The van der Waals surface area contributed by atoms with Gasteiger partial charge < -0.3 is 59.9 Å². The molecule has 0 radical (unpaired) electrons. The molecule has 0 fully saturated rings. The number of nitrogens with one attached hydrogen (secondary N) is 4. The SMILES string of the molecule is CCNc1cc(S(=O)(=O)[O-])c(O)c2c1C(=O)c1c(NCC)cc(S(=O)(=O)[O-])c(O)c1C2=O.CCNc1cc(S(=O)(=O)[O-])c(O)c2c1C(=O)c1c(O)c(S(=O)(=O)[O-])cc(NCC)c1C2=O.[Na+].[Na+].[Na+].[Na+]. The second-order valence-electron chi connectivity index (χ2n) is 13.3. The number of fused-ring (bicyclic) bond motifs is 4. The minimum Gasteiger partial charge on any atom is -0.744 e. The van der Waals surface area contributed by atoms with Crippen LogP contribution in [0.2, 0.25) is 0 Å². The molecule has 2 aliphatic rings.